The summed E-state index contributed by atoms with van der Waals surface area (Å²) in [6.45, 7) is 6.61. The van der Waals surface area contributed by atoms with Gasteiger partial charge in [0.25, 0.3) is 11.5 Å². The number of carboxylic acids is 1. The summed E-state index contributed by atoms with van der Waals surface area (Å²) in [6, 6.07) is 7.09. The van der Waals surface area contributed by atoms with Crippen molar-refractivity contribution in [2.24, 2.45) is 18.1 Å². The Morgan fingerprint density at radius 1 is 1.23 bits per heavy atom. The number of nitrogen functional groups attached to an aromatic ring is 1. The molecule has 1 saturated heterocycles. The Balaban J connectivity index is 1.49. The minimum atomic E-state index is -4.99. The number of carbonyl (C=O) groups is 3. The van der Waals surface area contributed by atoms with Crippen LogP contribution in [-0.2, 0) is 47.5 Å². The number of benzene rings is 1. The topological polar surface area (TPSA) is 217 Å². The molecule has 0 saturated carbocycles. The summed E-state index contributed by atoms with van der Waals surface area (Å²) >= 11 is 0.993. The second-order valence-corrected chi connectivity index (χ2v) is 13.6. The van der Waals surface area contributed by atoms with Crippen molar-refractivity contribution in [3.63, 3.8) is 0 Å². The van der Waals surface area contributed by atoms with E-state index >= 15 is 0 Å². The molecule has 4 rings (SSSR count). The lowest BCUT2D eigenvalue weighted by molar-refractivity contribution is -0.753. The van der Waals surface area contributed by atoms with Crippen LogP contribution in [0.15, 0.2) is 47.2 Å². The first-order valence-corrected chi connectivity index (χ1v) is 16.7. The fourth-order valence-electron chi connectivity index (χ4n) is 4.78. The van der Waals surface area contributed by atoms with Crippen molar-refractivity contribution in [1.29, 1.82) is 0 Å². The maximum absolute atomic E-state index is 13.4. The van der Waals surface area contributed by atoms with Gasteiger partial charge in [-0.25, -0.2) is 9.78 Å². The van der Waals surface area contributed by atoms with Crippen LogP contribution in [0.3, 0.4) is 0 Å². The van der Waals surface area contributed by atoms with Crippen LogP contribution in [0.1, 0.15) is 52.7 Å². The van der Waals surface area contributed by atoms with Crippen molar-refractivity contribution >= 4 is 50.2 Å². The van der Waals surface area contributed by atoms with Crippen molar-refractivity contribution < 1.29 is 51.0 Å². The average molecular weight is 694 g/mol. The molecule has 47 heavy (non-hydrogen) atoms. The van der Waals surface area contributed by atoms with E-state index in [9.17, 15) is 27.9 Å². The molecular weight excluding hydrogens is 656 g/mol. The third-order valence-electron chi connectivity index (χ3n) is 7.71. The normalized spacial score (nSPS) is 17.6. The largest absolute Gasteiger partial charge is 0.489 e. The Morgan fingerprint density at radius 2 is 1.91 bits per heavy atom. The van der Waals surface area contributed by atoms with Gasteiger partial charge >= 0.3 is 16.4 Å². The van der Waals surface area contributed by atoms with Crippen LogP contribution in [0.5, 0.6) is 5.75 Å². The van der Waals surface area contributed by atoms with Gasteiger partial charge in [-0.1, -0.05) is 30.6 Å². The minimum absolute atomic E-state index is 0.0192. The van der Waals surface area contributed by atoms with Crippen LogP contribution < -0.4 is 15.2 Å². The number of aryl methyl sites for hydroxylation is 2. The van der Waals surface area contributed by atoms with E-state index in [1.165, 1.54) is 26.2 Å². The molecule has 18 heteroatoms. The number of ether oxygens (including phenoxy) is 1. The predicted molar refractivity (Wildman–Crippen MR) is 168 cm³/mol. The number of nitrogens with two attached hydrogens (primary N) is 1. The lowest BCUT2D eigenvalue weighted by Gasteiger charge is -2.50. The quantitative estimate of drug-likeness (QED) is 0.0648. The highest BCUT2D eigenvalue weighted by atomic mass is 32.3. The van der Waals surface area contributed by atoms with Gasteiger partial charge in [-0.15, -0.1) is 20.3 Å². The number of rotatable bonds is 16. The highest BCUT2D eigenvalue weighted by Gasteiger charge is 2.57. The number of ketones is 1. The van der Waals surface area contributed by atoms with Gasteiger partial charge < -0.3 is 20.4 Å². The summed E-state index contributed by atoms with van der Waals surface area (Å²) in [4.78, 5) is 47.8. The maximum atomic E-state index is 13.4. The van der Waals surface area contributed by atoms with Gasteiger partial charge in [-0.3, -0.25) is 14.1 Å². The average Bonchev–Trinajstić information content (AvgIpc) is 3.60. The number of hydrogen-bond acceptors (Lipinski definition) is 12. The summed E-state index contributed by atoms with van der Waals surface area (Å²) in [7, 11) is -3.02. The first kappa shape index (κ1) is 35.5. The van der Waals surface area contributed by atoms with Gasteiger partial charge in [0, 0.05) is 11.8 Å². The fourth-order valence-corrected chi connectivity index (χ4v) is 5.78. The number of carboxylic acid groups (broad SMARTS) is 1. The van der Waals surface area contributed by atoms with Crippen LogP contribution in [0, 0.1) is 5.92 Å². The van der Waals surface area contributed by atoms with Crippen LogP contribution in [0.4, 0.5) is 5.13 Å². The molecule has 0 radical (unpaired) electrons. The number of anilines is 1. The van der Waals surface area contributed by atoms with Gasteiger partial charge in [-0.05, 0) is 44.9 Å². The van der Waals surface area contributed by atoms with Gasteiger partial charge in [-0.2, -0.15) is 18.2 Å². The van der Waals surface area contributed by atoms with Crippen molar-refractivity contribution in [3.8, 4) is 16.9 Å². The second kappa shape index (κ2) is 13.8. The smallest absolute Gasteiger partial charge is 0.418 e. The Morgan fingerprint density at radius 3 is 2.47 bits per heavy atom. The van der Waals surface area contributed by atoms with Crippen LogP contribution in [0.25, 0.3) is 11.1 Å². The van der Waals surface area contributed by atoms with E-state index in [1.54, 1.807) is 12.1 Å². The van der Waals surface area contributed by atoms with E-state index in [1.807, 2.05) is 30.1 Å². The second-order valence-electron chi connectivity index (χ2n) is 11.7. The van der Waals surface area contributed by atoms with E-state index in [-0.39, 0.29) is 10.8 Å². The zero-order valence-corrected chi connectivity index (χ0v) is 28.1. The van der Waals surface area contributed by atoms with Crippen molar-refractivity contribution in [3.05, 3.63) is 47.7 Å². The predicted octanol–water partition coefficient (Wildman–Crippen LogP) is 2.39. The molecule has 3 aromatic rings. The number of β-lactam (4-membered cyclic amide) rings is 1. The lowest BCUT2D eigenvalue weighted by Crippen LogP contribution is -2.68. The zero-order valence-electron chi connectivity index (χ0n) is 26.4. The SMILES string of the molecule is CCCCn1cc(-c2ccc(OC[C@@](C)(O/N=C(\C(=O)C[C@@H]3C(=O)N(OS(=O)(=O)O)C3(C)C)c3csc(N)n3)C(=O)O)cc2)c[n+]1C. The Hall–Kier alpha value is -4.39. The summed E-state index contributed by atoms with van der Waals surface area (Å²) < 4.78 is 45.5. The maximum Gasteiger partial charge on any atom is 0.418 e. The number of Topliss-reactive ketones (excluding diaryl/α,β-unsaturated/α-hetero) is 1. The first-order valence-electron chi connectivity index (χ1n) is 14.5. The standard InChI is InChI=1S/C29H36N6O10S2/c1-6-7-12-34-15-19(14-33(34)5)18-8-10-20(11-9-18)43-17-29(4,26(38)39)44-32-24(22-16-46-27(30)31-22)23(36)13-21-25(37)35(28(21,2)3)45-47(40,41)42/h8-11,14-16,21H,6-7,12-13,17H2,1-5H3,(H3-,30,31,38,39,40,41,42)/p+1/b32-24-/t21-,29-/m1/s1. The van der Waals surface area contributed by atoms with E-state index in [0.29, 0.717) is 10.8 Å². The molecule has 16 nitrogen and oxygen atoms in total. The molecule has 1 amide bonds. The number of hydrogen-bond donors (Lipinski definition) is 3. The molecule has 0 unspecified atom stereocenters. The van der Waals surface area contributed by atoms with Crippen LogP contribution >= 0.6 is 11.3 Å². The minimum Gasteiger partial charge on any atom is -0.489 e. The van der Waals surface area contributed by atoms with Crippen molar-refractivity contribution in [1.82, 2.24) is 14.7 Å². The van der Waals surface area contributed by atoms with Gasteiger partial charge in [0.15, 0.2) is 23.7 Å². The van der Waals surface area contributed by atoms with E-state index < -0.39 is 63.9 Å². The number of amides is 1. The Labute approximate surface area is 275 Å². The van der Waals surface area contributed by atoms with E-state index in [4.69, 9.17) is 19.9 Å². The number of nitrogens with zero attached hydrogens (tertiary/aromatic N) is 5. The summed E-state index contributed by atoms with van der Waals surface area (Å²) in [5.74, 6) is -3.79. The van der Waals surface area contributed by atoms with Gasteiger partial charge in [0.2, 0.25) is 6.20 Å². The van der Waals surface area contributed by atoms with Crippen LogP contribution in [-0.4, -0.2) is 73.9 Å². The molecule has 1 aliphatic heterocycles. The fraction of sp³-hybridized carbons (Fsp3) is 0.448. The molecule has 1 fully saturated rings. The first-order chi connectivity index (χ1) is 21.9. The summed E-state index contributed by atoms with van der Waals surface area (Å²) in [5.41, 5.74) is 3.88. The molecule has 4 N–H and O–H groups in total. The highest BCUT2D eigenvalue weighted by Crippen LogP contribution is 2.40. The lowest BCUT2D eigenvalue weighted by atomic mass is 9.74. The summed E-state index contributed by atoms with van der Waals surface area (Å²) in [5, 5.41) is 15.8. The molecule has 0 spiro atoms. The highest BCUT2D eigenvalue weighted by molar-refractivity contribution is 7.80. The van der Waals surface area contributed by atoms with Crippen molar-refractivity contribution in [2.75, 3.05) is 12.3 Å². The molecule has 2 atom stereocenters. The molecule has 0 aliphatic carbocycles. The molecule has 254 valence electrons. The zero-order chi connectivity index (χ0) is 34.7. The molecule has 1 aliphatic rings. The number of aliphatic carboxylic acids is 1. The number of carbonyl (C=O) groups excluding carboxylic acids is 2. The monoisotopic (exact) mass is 693 g/mol. The number of hydroxylamine groups is 2. The Bertz CT molecular complexity index is 1780. The molecular formula is C29H37N6O10S2+. The van der Waals surface area contributed by atoms with E-state index in [0.717, 1.165) is 41.9 Å². The van der Waals surface area contributed by atoms with E-state index in [2.05, 4.69) is 32.2 Å². The molecule has 2 aromatic heterocycles. The number of aromatic nitrogens is 3. The molecule has 1 aromatic carbocycles. The van der Waals surface area contributed by atoms with Gasteiger partial charge in [0.1, 0.15) is 18.1 Å². The number of unbranched alkanes of at least 4 members (excludes halogenated alkanes) is 1. The van der Waals surface area contributed by atoms with Crippen molar-refractivity contribution in [2.45, 2.75) is 64.6 Å². The third-order valence-corrected chi connectivity index (χ3v) is 8.73. The third kappa shape index (κ3) is 8.13. The number of thiazole rings is 1. The van der Waals surface area contributed by atoms with Gasteiger partial charge in [0.05, 0.1) is 29.8 Å². The molecule has 3 heterocycles. The summed E-state index contributed by atoms with van der Waals surface area (Å²) in [6.07, 6.45) is 5.71. The van der Waals surface area contributed by atoms with Crippen LogP contribution in [0.2, 0.25) is 0 Å². The molecule has 0 bridgehead atoms. The Kier molecular flexibility index (Phi) is 10.4. The number of oxime groups is 1.